The maximum atomic E-state index is 9.32. The van der Waals surface area contributed by atoms with Crippen molar-refractivity contribution in [3.05, 3.63) is 0 Å². The molecule has 0 aliphatic rings. The van der Waals surface area contributed by atoms with Crippen LogP contribution in [0.3, 0.4) is 0 Å². The minimum Gasteiger partial charge on any atom is -0.474 e. The molecule has 0 atom stereocenters. The van der Waals surface area contributed by atoms with Crippen molar-refractivity contribution in [1.82, 2.24) is 0 Å². The monoisotopic (exact) mass is 568 g/mol. The summed E-state index contributed by atoms with van der Waals surface area (Å²) in [7, 11) is 0. The molecule has 0 bridgehead atoms. The Hall–Kier alpha value is -2.92. The minimum absolute atomic E-state index is 0. The molecule has 0 spiro atoms. The summed E-state index contributed by atoms with van der Waals surface area (Å²) in [6.07, 6.45) is 0. The van der Waals surface area contributed by atoms with Gasteiger partial charge >= 0.3 is 47.5 Å². The van der Waals surface area contributed by atoms with Gasteiger partial charge in [0.2, 0.25) is 0 Å². The van der Waals surface area contributed by atoms with Crippen LogP contribution in [0.2, 0.25) is 0 Å². The van der Waals surface area contributed by atoms with E-state index < -0.39 is 47.5 Å². The molecular weight excluding hydrogens is 557 g/mol. The molecule has 26 heavy (non-hydrogen) atoms. The number of aliphatic carboxylic acids is 4. The molecule has 0 unspecified atom stereocenters. The molecule has 156 valence electrons. The summed E-state index contributed by atoms with van der Waals surface area (Å²) in [6, 6.07) is 0. The molecule has 18 heteroatoms. The average molecular weight is 569 g/mol. The van der Waals surface area contributed by atoms with E-state index in [9.17, 15) is 38.4 Å². The van der Waals surface area contributed by atoms with Crippen LogP contribution in [0.4, 0.5) is 0 Å². The molecule has 0 radical (unpaired) electrons. The fraction of sp³-hybridized carbons (Fsp3) is 0. The van der Waals surface area contributed by atoms with Crippen LogP contribution >= 0.6 is 0 Å². The van der Waals surface area contributed by atoms with Gasteiger partial charge in [0.05, 0.1) is 0 Å². The second kappa shape index (κ2) is 22.1. The number of carbonyl (C=O) groups is 8. The predicted molar refractivity (Wildman–Crippen MR) is 67.3 cm³/mol. The first kappa shape index (κ1) is 38.6. The van der Waals surface area contributed by atoms with Crippen LogP contribution in [0.1, 0.15) is 0 Å². The van der Waals surface area contributed by atoms with Crippen LogP contribution in [0, 0.1) is 0 Å². The average Bonchev–Trinajstić information content (AvgIpc) is 2.40. The number of carboxylic acids is 4. The first-order chi connectivity index (χ1) is 10.6. The zero-order valence-electron chi connectivity index (χ0n) is 12.0. The van der Waals surface area contributed by atoms with E-state index >= 15 is 0 Å². The molecule has 16 nitrogen and oxygen atoms in total. The van der Waals surface area contributed by atoms with Crippen LogP contribution < -0.4 is 22.9 Å². The number of primary amides is 4. The SMILES string of the molecule is NC(=O)C(=O)O.NC(=O)C(=O)O.NC(=O)C(=O)O.NC(=O)C(=O)O.[Pd].[Pd]. The zero-order valence-corrected chi connectivity index (χ0v) is 15.1. The molecule has 0 aliphatic carbocycles. The molecule has 0 aromatic heterocycles. The molecule has 0 rings (SSSR count). The maximum Gasteiger partial charge on any atom is 0.394 e. The van der Waals surface area contributed by atoms with Gasteiger partial charge in [-0.3, -0.25) is 19.2 Å². The normalized spacial score (nSPS) is 6.77. The Balaban J connectivity index is -0.0000000500. The molecule has 12 N–H and O–H groups in total. The number of hydrogen-bond acceptors (Lipinski definition) is 8. The number of carboxylic acid groups (broad SMARTS) is 4. The molecule has 0 heterocycles. The molecule has 4 amide bonds. The van der Waals surface area contributed by atoms with Gasteiger partial charge in [-0.2, -0.15) is 0 Å². The number of nitrogens with two attached hydrogens (primary N) is 4. The van der Waals surface area contributed by atoms with E-state index in [2.05, 4.69) is 22.9 Å². The Bertz CT molecular complexity index is 405. The van der Waals surface area contributed by atoms with Gasteiger partial charge < -0.3 is 43.4 Å². The Labute approximate surface area is 170 Å². The van der Waals surface area contributed by atoms with Gasteiger partial charge in [-0.25, -0.2) is 19.2 Å². The molecule has 0 aromatic rings. The van der Waals surface area contributed by atoms with Gasteiger partial charge in [-0.1, -0.05) is 0 Å². The van der Waals surface area contributed by atoms with Gasteiger partial charge in [-0.15, -0.1) is 0 Å². The van der Waals surface area contributed by atoms with Gasteiger partial charge in [0.15, 0.2) is 0 Å². The summed E-state index contributed by atoms with van der Waals surface area (Å²) in [5.74, 6) is -11.7. The third-order valence-electron chi connectivity index (χ3n) is 0.843. The van der Waals surface area contributed by atoms with E-state index in [1.165, 1.54) is 0 Å². The summed E-state index contributed by atoms with van der Waals surface area (Å²) in [4.78, 5) is 74.2. The number of rotatable bonds is 0. The van der Waals surface area contributed by atoms with Gasteiger partial charge in [-0.05, 0) is 0 Å². The van der Waals surface area contributed by atoms with Crippen LogP contribution in [0.15, 0.2) is 0 Å². The Kier molecular flexibility index (Phi) is 32.8. The molecule has 0 aliphatic heterocycles. The third-order valence-corrected chi connectivity index (χ3v) is 0.843. The fourth-order valence-corrected chi connectivity index (χ4v) is 0. The first-order valence-electron chi connectivity index (χ1n) is 4.68. The Morgan fingerprint density at radius 2 is 0.423 bits per heavy atom. The van der Waals surface area contributed by atoms with E-state index in [1.54, 1.807) is 0 Å². The van der Waals surface area contributed by atoms with Crippen molar-refractivity contribution >= 4 is 47.5 Å². The van der Waals surface area contributed by atoms with Crippen molar-refractivity contribution in [2.75, 3.05) is 0 Å². The minimum atomic E-state index is -1.60. The largest absolute Gasteiger partial charge is 0.474 e. The Morgan fingerprint density at radius 3 is 0.423 bits per heavy atom. The van der Waals surface area contributed by atoms with Gasteiger partial charge in [0.1, 0.15) is 0 Å². The number of carbonyl (C=O) groups excluding carboxylic acids is 4. The van der Waals surface area contributed by atoms with Crippen LogP contribution in [0.5, 0.6) is 0 Å². The van der Waals surface area contributed by atoms with E-state index in [1.807, 2.05) is 0 Å². The molecule has 0 saturated carbocycles. The summed E-state index contributed by atoms with van der Waals surface area (Å²) in [5, 5.41) is 30.1. The standard InChI is InChI=1S/4C2H3NO3.2Pd/c4*3-1(4)2(5)6;;/h4*(H2,3,4)(H,5,6);;. The van der Waals surface area contributed by atoms with Gasteiger partial charge in [0.25, 0.3) is 0 Å². The summed E-state index contributed by atoms with van der Waals surface area (Å²) in [5.41, 5.74) is 16.8. The smallest absolute Gasteiger partial charge is 0.394 e. The topological polar surface area (TPSA) is 322 Å². The molecular formula is C8H12N4O12Pd2. The summed E-state index contributed by atoms with van der Waals surface area (Å²) >= 11 is 0. The summed E-state index contributed by atoms with van der Waals surface area (Å²) < 4.78 is 0. The van der Waals surface area contributed by atoms with Gasteiger partial charge in [0, 0.05) is 40.8 Å². The quantitative estimate of drug-likeness (QED) is 0.0999. The van der Waals surface area contributed by atoms with Crippen molar-refractivity contribution < 1.29 is 99.6 Å². The van der Waals surface area contributed by atoms with Crippen molar-refractivity contribution in [3.63, 3.8) is 0 Å². The van der Waals surface area contributed by atoms with E-state index in [0.29, 0.717) is 0 Å². The van der Waals surface area contributed by atoms with E-state index in [-0.39, 0.29) is 40.8 Å². The molecule has 0 fully saturated rings. The van der Waals surface area contributed by atoms with E-state index in [0.717, 1.165) is 0 Å². The maximum absolute atomic E-state index is 9.32. The van der Waals surface area contributed by atoms with Crippen molar-refractivity contribution in [3.8, 4) is 0 Å². The summed E-state index contributed by atoms with van der Waals surface area (Å²) in [6.45, 7) is 0. The van der Waals surface area contributed by atoms with Crippen molar-refractivity contribution in [1.29, 1.82) is 0 Å². The third kappa shape index (κ3) is 49.7. The van der Waals surface area contributed by atoms with Crippen molar-refractivity contribution in [2.24, 2.45) is 22.9 Å². The second-order valence-corrected chi connectivity index (χ2v) is 2.68. The second-order valence-electron chi connectivity index (χ2n) is 2.68. The fourth-order valence-electron chi connectivity index (χ4n) is 0. The molecule has 0 saturated heterocycles. The number of amides is 4. The molecule has 0 aromatic carbocycles. The van der Waals surface area contributed by atoms with Crippen LogP contribution in [0.25, 0.3) is 0 Å². The first-order valence-corrected chi connectivity index (χ1v) is 4.68. The number of hydrogen-bond donors (Lipinski definition) is 8. The van der Waals surface area contributed by atoms with Crippen LogP contribution in [-0.2, 0) is 79.2 Å². The van der Waals surface area contributed by atoms with Crippen molar-refractivity contribution in [2.45, 2.75) is 0 Å². The zero-order chi connectivity index (χ0) is 20.6. The Morgan fingerprint density at radius 1 is 0.385 bits per heavy atom. The predicted octanol–water partition coefficient (Wildman–Crippen LogP) is -5.78. The van der Waals surface area contributed by atoms with E-state index in [4.69, 9.17) is 20.4 Å². The van der Waals surface area contributed by atoms with Crippen LogP contribution in [-0.4, -0.2) is 67.9 Å².